The van der Waals surface area contributed by atoms with Crippen LogP contribution in [0, 0.1) is 13.8 Å². The molecule has 1 atom stereocenters. The van der Waals surface area contributed by atoms with Gasteiger partial charge in [0.15, 0.2) is 0 Å². The molecule has 1 heterocycles. The van der Waals surface area contributed by atoms with Crippen LogP contribution in [0.3, 0.4) is 0 Å². The van der Waals surface area contributed by atoms with Crippen molar-refractivity contribution in [1.29, 1.82) is 0 Å². The minimum atomic E-state index is -0.959. The Morgan fingerprint density at radius 1 is 1.31 bits per heavy atom. The fraction of sp³-hybridized carbons (Fsp3) is 0.385. The number of nitrogens with one attached hydrogen (secondary N) is 2. The summed E-state index contributed by atoms with van der Waals surface area (Å²) in [4.78, 5) is 0. The van der Waals surface area contributed by atoms with Crippen LogP contribution in [0.1, 0.15) is 23.6 Å². The van der Waals surface area contributed by atoms with E-state index >= 15 is 0 Å². The fourth-order valence-electron chi connectivity index (χ4n) is 2.09. The van der Waals surface area contributed by atoms with Gasteiger partial charge in [0.2, 0.25) is 0 Å². The lowest BCUT2D eigenvalue weighted by Gasteiger charge is -2.27. The van der Waals surface area contributed by atoms with Crippen LogP contribution in [0.4, 0.5) is 0 Å². The van der Waals surface area contributed by atoms with Crippen molar-refractivity contribution in [3.63, 3.8) is 0 Å². The van der Waals surface area contributed by atoms with E-state index in [1.54, 1.807) is 0 Å². The minimum absolute atomic E-state index is 0.677. The van der Waals surface area contributed by atoms with Gasteiger partial charge in [0, 0.05) is 6.20 Å². The van der Waals surface area contributed by atoms with E-state index in [4.69, 9.17) is 0 Å². The van der Waals surface area contributed by atoms with Gasteiger partial charge in [0.05, 0.1) is 12.4 Å². The predicted molar refractivity (Wildman–Crippen MR) is 64.7 cm³/mol. The Morgan fingerprint density at radius 2 is 2.06 bits per heavy atom. The second-order valence-corrected chi connectivity index (χ2v) is 4.44. The molecule has 1 aromatic carbocycles. The van der Waals surface area contributed by atoms with E-state index in [0.29, 0.717) is 6.67 Å². The van der Waals surface area contributed by atoms with E-state index in [0.717, 1.165) is 16.8 Å². The number of aliphatic hydroxyl groups is 1. The Morgan fingerprint density at radius 3 is 2.69 bits per heavy atom. The van der Waals surface area contributed by atoms with Crippen molar-refractivity contribution in [2.24, 2.45) is 0 Å². The van der Waals surface area contributed by atoms with E-state index in [-0.39, 0.29) is 0 Å². The van der Waals surface area contributed by atoms with Crippen molar-refractivity contribution < 1.29 is 5.11 Å². The summed E-state index contributed by atoms with van der Waals surface area (Å²) < 4.78 is 0. The Balaban J connectivity index is 2.46. The molecule has 3 N–H and O–H groups in total. The van der Waals surface area contributed by atoms with Crippen molar-refractivity contribution in [3.8, 4) is 0 Å². The van der Waals surface area contributed by atoms with Crippen LogP contribution in [0.25, 0.3) is 0 Å². The third-order valence-electron chi connectivity index (χ3n) is 3.28. The van der Waals surface area contributed by atoms with Crippen LogP contribution < -0.4 is 10.6 Å². The van der Waals surface area contributed by atoms with Gasteiger partial charge >= 0.3 is 0 Å². The van der Waals surface area contributed by atoms with Gasteiger partial charge in [-0.1, -0.05) is 18.2 Å². The lowest BCUT2D eigenvalue weighted by molar-refractivity contribution is 0.0907. The van der Waals surface area contributed by atoms with Crippen molar-refractivity contribution >= 4 is 0 Å². The summed E-state index contributed by atoms with van der Waals surface area (Å²) in [5.41, 5.74) is 3.15. The highest BCUT2D eigenvalue weighted by Gasteiger charge is 2.31. The maximum absolute atomic E-state index is 10.6. The topological polar surface area (TPSA) is 44.3 Å². The molecule has 1 aromatic rings. The zero-order valence-electron chi connectivity index (χ0n) is 9.96. The summed E-state index contributed by atoms with van der Waals surface area (Å²) in [5, 5.41) is 16.8. The first-order valence-corrected chi connectivity index (χ1v) is 5.50. The summed E-state index contributed by atoms with van der Waals surface area (Å²) in [6.45, 7) is 6.60. The molecule has 2 rings (SSSR count). The molecular weight excluding hydrogens is 200 g/mol. The quantitative estimate of drug-likeness (QED) is 0.705. The van der Waals surface area contributed by atoms with Gasteiger partial charge in [-0.05, 0) is 37.5 Å². The second-order valence-electron chi connectivity index (χ2n) is 4.44. The van der Waals surface area contributed by atoms with Gasteiger partial charge < -0.3 is 15.7 Å². The number of aryl methyl sites for hydroxylation is 1. The molecule has 0 fully saturated rings. The first-order chi connectivity index (χ1) is 7.53. The maximum atomic E-state index is 10.6. The second kappa shape index (κ2) is 3.83. The van der Waals surface area contributed by atoms with Crippen LogP contribution >= 0.6 is 0 Å². The third kappa shape index (κ3) is 1.67. The van der Waals surface area contributed by atoms with Crippen LogP contribution in [0.5, 0.6) is 0 Å². The molecule has 0 saturated carbocycles. The largest absolute Gasteiger partial charge is 0.379 e. The van der Waals surface area contributed by atoms with Gasteiger partial charge in [-0.15, -0.1) is 0 Å². The molecular formula is C13H18N2O. The zero-order valence-corrected chi connectivity index (χ0v) is 9.96. The summed E-state index contributed by atoms with van der Waals surface area (Å²) in [7, 11) is 0. The van der Waals surface area contributed by atoms with E-state index < -0.39 is 5.60 Å². The number of rotatable bonds is 2. The lowest BCUT2D eigenvalue weighted by atomic mass is 9.87. The Bertz CT molecular complexity index is 436. The SMILES string of the molecule is Cc1cccc([C@@](C)(O)C2=CNCN2)c1C. The van der Waals surface area contributed by atoms with Crippen LogP contribution in [-0.4, -0.2) is 11.8 Å². The molecule has 0 radical (unpaired) electrons. The molecule has 0 bridgehead atoms. The molecule has 86 valence electrons. The number of hydrogen-bond donors (Lipinski definition) is 3. The van der Waals surface area contributed by atoms with Crippen LogP contribution in [0.2, 0.25) is 0 Å². The predicted octanol–water partition coefficient (Wildman–Crippen LogP) is 1.50. The maximum Gasteiger partial charge on any atom is 0.128 e. The first kappa shape index (κ1) is 11.0. The van der Waals surface area contributed by atoms with Crippen LogP contribution in [-0.2, 0) is 5.60 Å². The van der Waals surface area contributed by atoms with E-state index in [1.807, 2.05) is 32.2 Å². The molecule has 0 saturated heterocycles. The molecule has 0 spiro atoms. The van der Waals surface area contributed by atoms with Crippen molar-refractivity contribution in [2.45, 2.75) is 26.4 Å². The van der Waals surface area contributed by atoms with Gasteiger partial charge in [-0.25, -0.2) is 0 Å². The number of benzene rings is 1. The highest BCUT2D eigenvalue weighted by atomic mass is 16.3. The van der Waals surface area contributed by atoms with Crippen molar-refractivity contribution in [1.82, 2.24) is 10.6 Å². The minimum Gasteiger partial charge on any atom is -0.379 e. The Labute approximate surface area is 96.2 Å². The lowest BCUT2D eigenvalue weighted by Crippen LogP contribution is -2.31. The Kier molecular flexibility index (Phi) is 2.64. The standard InChI is InChI=1S/C13H18N2O/c1-9-5-4-6-11(10(9)2)13(3,16)12-7-14-8-15-12/h4-7,14-16H,8H2,1-3H3/t13-/m1/s1. The fourth-order valence-corrected chi connectivity index (χ4v) is 2.09. The van der Waals surface area contributed by atoms with Gasteiger partial charge in [0.1, 0.15) is 5.60 Å². The number of hydrogen-bond acceptors (Lipinski definition) is 3. The molecule has 3 heteroatoms. The van der Waals surface area contributed by atoms with E-state index in [1.165, 1.54) is 5.56 Å². The molecule has 0 aromatic heterocycles. The average Bonchev–Trinajstić information content (AvgIpc) is 2.75. The highest BCUT2D eigenvalue weighted by molar-refractivity contribution is 5.41. The molecule has 3 nitrogen and oxygen atoms in total. The summed E-state index contributed by atoms with van der Waals surface area (Å²) in [6, 6.07) is 6.02. The van der Waals surface area contributed by atoms with Gasteiger partial charge in [-0.3, -0.25) is 0 Å². The van der Waals surface area contributed by atoms with Crippen molar-refractivity contribution in [3.05, 3.63) is 46.8 Å². The highest BCUT2D eigenvalue weighted by Crippen LogP contribution is 2.31. The normalized spacial score (nSPS) is 18.4. The Hall–Kier alpha value is -1.48. The molecule has 0 amide bonds. The van der Waals surface area contributed by atoms with E-state index in [2.05, 4.69) is 23.6 Å². The average molecular weight is 218 g/mol. The summed E-state index contributed by atoms with van der Waals surface area (Å²) in [6.07, 6.45) is 1.84. The molecule has 0 unspecified atom stereocenters. The zero-order chi connectivity index (χ0) is 11.8. The molecule has 16 heavy (non-hydrogen) atoms. The molecule has 1 aliphatic rings. The van der Waals surface area contributed by atoms with Crippen LogP contribution in [0.15, 0.2) is 30.1 Å². The first-order valence-electron chi connectivity index (χ1n) is 5.50. The summed E-state index contributed by atoms with van der Waals surface area (Å²) in [5.74, 6) is 0. The summed E-state index contributed by atoms with van der Waals surface area (Å²) >= 11 is 0. The molecule has 0 aliphatic carbocycles. The van der Waals surface area contributed by atoms with Gasteiger partial charge in [0.25, 0.3) is 0 Å². The van der Waals surface area contributed by atoms with E-state index in [9.17, 15) is 5.11 Å². The monoisotopic (exact) mass is 218 g/mol. The van der Waals surface area contributed by atoms with Gasteiger partial charge in [-0.2, -0.15) is 0 Å². The third-order valence-corrected chi connectivity index (χ3v) is 3.28. The molecule has 1 aliphatic heterocycles. The smallest absolute Gasteiger partial charge is 0.128 e. The van der Waals surface area contributed by atoms with Crippen molar-refractivity contribution in [2.75, 3.05) is 6.67 Å².